The molecule has 0 spiro atoms. The lowest BCUT2D eigenvalue weighted by molar-refractivity contribution is 0.124. The molecule has 0 aliphatic rings. The maximum absolute atomic E-state index is 13.0. The predicted octanol–water partition coefficient (Wildman–Crippen LogP) is 17.2. The Kier molecular flexibility index (Phi) is 17.0. The van der Waals surface area contributed by atoms with E-state index < -0.39 is 30.4 Å². The minimum absolute atomic E-state index is 0.663. The van der Waals surface area contributed by atoms with Crippen molar-refractivity contribution in [2.24, 2.45) is 0 Å². The van der Waals surface area contributed by atoms with Gasteiger partial charge in [-0.3, -0.25) is 0 Å². The fourth-order valence-corrected chi connectivity index (χ4v) is 20.0. The van der Waals surface area contributed by atoms with E-state index in [1.807, 2.05) is 66.7 Å². The van der Waals surface area contributed by atoms with Gasteiger partial charge >= 0.3 is 0 Å². The molecule has 0 heterocycles. The van der Waals surface area contributed by atoms with Crippen LogP contribution in [0.25, 0.3) is 0 Å². The van der Waals surface area contributed by atoms with Crippen LogP contribution in [0.1, 0.15) is 34.7 Å². The van der Waals surface area contributed by atoms with E-state index in [-0.39, 0.29) is 0 Å². The third-order valence-electron chi connectivity index (χ3n) is 7.33. The van der Waals surface area contributed by atoms with Gasteiger partial charge in [-0.15, -0.1) is 0 Å². The molecule has 1 nitrogen and oxygen atoms in total. The first-order chi connectivity index (χ1) is 21.1. The maximum atomic E-state index is 13.0. The summed E-state index contributed by atoms with van der Waals surface area (Å²) >= 11 is 66.8. The summed E-state index contributed by atoms with van der Waals surface area (Å²) in [5.41, 5.74) is 2.41. The van der Waals surface area contributed by atoms with Crippen LogP contribution in [0.2, 0.25) is 0 Å². The summed E-state index contributed by atoms with van der Waals surface area (Å²) in [6, 6.07) is 25.5. The Hall–Kier alpha value is 5.78. The standard InChI is InChI=1S/C29H19Br17O/c1-2-16-13-14-19(21(47,17-9-5-3-6-10-17)18-11-7-4-8-12-18)20(15-16)22(30,31)23(32,33)24(34,35)25(36,37)26(38,39)27(40,41)28(42,43)29(44,45)46/h3-15,47H,2H2,1H3. The highest BCUT2D eigenvalue weighted by atomic mass is 80.0. The lowest BCUT2D eigenvalue weighted by Gasteiger charge is -2.57. The quantitative estimate of drug-likeness (QED) is 0.150. The van der Waals surface area contributed by atoms with Crippen LogP contribution in [0.5, 0.6) is 0 Å². The Morgan fingerprint density at radius 1 is 0.447 bits per heavy atom. The molecule has 0 bridgehead atoms. The molecule has 18 heteroatoms. The molecule has 0 saturated heterocycles. The number of hydrogen-bond acceptors (Lipinski definition) is 1. The Labute approximate surface area is 418 Å². The van der Waals surface area contributed by atoms with Crippen molar-refractivity contribution in [3.63, 3.8) is 0 Å². The summed E-state index contributed by atoms with van der Waals surface area (Å²) in [4.78, 5) is 0. The van der Waals surface area contributed by atoms with E-state index >= 15 is 0 Å². The minimum atomic E-state index is -1.53. The van der Waals surface area contributed by atoms with Crippen LogP contribution in [0.3, 0.4) is 0 Å². The zero-order valence-electron chi connectivity index (χ0n) is 23.1. The zero-order chi connectivity index (χ0) is 36.3. The summed E-state index contributed by atoms with van der Waals surface area (Å²) in [5.74, 6) is 0. The molecule has 0 aliphatic heterocycles. The number of rotatable bonds is 11. The van der Waals surface area contributed by atoms with Crippen molar-refractivity contribution >= 4 is 271 Å². The van der Waals surface area contributed by atoms with E-state index in [1.165, 1.54) is 0 Å². The van der Waals surface area contributed by atoms with Crippen molar-refractivity contribution < 1.29 is 5.11 Å². The zero-order valence-corrected chi connectivity index (χ0v) is 50.0. The van der Waals surface area contributed by atoms with Gasteiger partial charge in [0.2, 0.25) is 0 Å². The number of benzene rings is 3. The van der Waals surface area contributed by atoms with Crippen molar-refractivity contribution in [3.8, 4) is 0 Å². The highest BCUT2D eigenvalue weighted by Crippen LogP contribution is 2.79. The van der Waals surface area contributed by atoms with E-state index in [0.717, 1.165) is 28.7 Å². The monoisotopic (exact) mass is 1720 g/mol. The molecule has 0 radical (unpaired) electrons. The van der Waals surface area contributed by atoms with Gasteiger partial charge in [-0.25, -0.2) is 0 Å². The summed E-state index contributed by atoms with van der Waals surface area (Å²) in [5, 5.41) is 13.0. The van der Waals surface area contributed by atoms with Crippen LogP contribution in [0, 0.1) is 0 Å². The second-order valence-corrected chi connectivity index (χ2v) is 41.1. The number of aryl methyl sites for hydroxylation is 1. The van der Waals surface area contributed by atoms with Gasteiger partial charge in [-0.1, -0.05) is 357 Å². The van der Waals surface area contributed by atoms with Gasteiger partial charge < -0.3 is 5.11 Å². The first-order valence-corrected chi connectivity index (χ1v) is 26.3. The molecule has 3 aromatic rings. The largest absolute Gasteiger partial charge is 0.376 e. The molecule has 1 N–H and O–H groups in total. The van der Waals surface area contributed by atoms with E-state index in [4.69, 9.17) is 0 Å². The summed E-state index contributed by atoms with van der Waals surface area (Å²) in [6.45, 7) is 2.10. The molecular weight excluding hydrogens is 1720 g/mol. The highest BCUT2D eigenvalue weighted by molar-refractivity contribution is 9.42. The summed E-state index contributed by atoms with van der Waals surface area (Å²) < 4.78 is -8.72. The van der Waals surface area contributed by atoms with Gasteiger partial charge in [0.1, 0.15) is 28.2 Å². The molecule has 3 rings (SSSR count). The molecule has 260 valence electrons. The van der Waals surface area contributed by atoms with Crippen molar-refractivity contribution in [2.75, 3.05) is 0 Å². The van der Waals surface area contributed by atoms with Crippen LogP contribution in [0.4, 0.5) is 0 Å². The van der Waals surface area contributed by atoms with Gasteiger partial charge in [-0.05, 0) is 34.2 Å². The average molecular weight is 1740 g/mol. The first kappa shape index (κ1) is 47.2. The van der Waals surface area contributed by atoms with E-state index in [9.17, 15) is 5.11 Å². The van der Waals surface area contributed by atoms with Crippen LogP contribution in [-0.2, 0) is 15.3 Å². The van der Waals surface area contributed by atoms with Crippen LogP contribution in [-0.4, -0.2) is 26.7 Å². The minimum Gasteiger partial charge on any atom is -0.376 e. The molecule has 0 saturated carbocycles. The Balaban J connectivity index is 2.37. The number of aliphatic hydroxyl groups is 1. The Morgan fingerprint density at radius 3 is 1.17 bits per heavy atom. The summed E-state index contributed by atoms with van der Waals surface area (Å²) in [7, 11) is 0. The molecule has 0 fully saturated rings. The molecule has 0 atom stereocenters. The maximum Gasteiger partial charge on any atom is 0.162 e. The van der Waals surface area contributed by atoms with Crippen molar-refractivity contribution in [3.05, 3.63) is 107 Å². The second-order valence-electron chi connectivity index (χ2n) is 10.2. The Bertz CT molecular complexity index is 1510. The molecular formula is C29H19Br17O. The molecule has 47 heavy (non-hydrogen) atoms. The number of hydrogen-bond donors (Lipinski definition) is 1. The molecule has 0 aromatic heterocycles. The second kappa shape index (κ2) is 16.9. The lowest BCUT2D eigenvalue weighted by atomic mass is 9.77. The predicted molar refractivity (Wildman–Crippen MR) is 263 cm³/mol. The SMILES string of the molecule is CCc1ccc(C(O)(c2ccccc2)c2ccccc2)c(C(Br)(Br)C(Br)(Br)C(Br)(Br)C(Br)(Br)C(Br)(Br)C(Br)(Br)C(Br)(Br)C(Br)(Br)Br)c1. The van der Waals surface area contributed by atoms with Gasteiger partial charge in [-0.2, -0.15) is 0 Å². The van der Waals surface area contributed by atoms with Crippen molar-refractivity contribution in [1.29, 1.82) is 0 Å². The topological polar surface area (TPSA) is 20.2 Å². The summed E-state index contributed by atoms with van der Waals surface area (Å²) in [6.07, 6.45) is 0.776. The van der Waals surface area contributed by atoms with E-state index in [1.54, 1.807) is 0 Å². The van der Waals surface area contributed by atoms with Crippen molar-refractivity contribution in [2.45, 2.75) is 43.7 Å². The molecule has 0 amide bonds. The van der Waals surface area contributed by atoms with Gasteiger partial charge in [0.15, 0.2) is 2.14 Å². The fraction of sp³-hybridized carbons (Fsp3) is 0.379. The normalized spacial score (nSPS) is 14.8. The number of halogens is 17. The van der Waals surface area contributed by atoms with Gasteiger partial charge in [0.25, 0.3) is 0 Å². The third kappa shape index (κ3) is 8.37. The van der Waals surface area contributed by atoms with Gasteiger partial charge in [0.05, 0.1) is 0 Å². The van der Waals surface area contributed by atoms with E-state index in [2.05, 4.69) is 290 Å². The molecule has 0 aliphatic carbocycles. The first-order valence-electron chi connectivity index (χ1n) is 12.8. The lowest BCUT2D eigenvalue weighted by Crippen LogP contribution is -2.67. The van der Waals surface area contributed by atoms with Gasteiger partial charge in [0, 0.05) is 0 Å². The number of alkyl halides is 17. The Morgan fingerprint density at radius 2 is 0.809 bits per heavy atom. The van der Waals surface area contributed by atoms with E-state index in [0.29, 0.717) is 5.56 Å². The van der Waals surface area contributed by atoms with Crippen LogP contribution >= 0.6 is 271 Å². The highest BCUT2D eigenvalue weighted by Gasteiger charge is 2.77. The molecule has 3 aromatic carbocycles. The van der Waals surface area contributed by atoms with Crippen LogP contribution < -0.4 is 0 Å². The average Bonchev–Trinajstić information content (AvgIpc) is 3.00. The van der Waals surface area contributed by atoms with Crippen LogP contribution in [0.15, 0.2) is 78.9 Å². The van der Waals surface area contributed by atoms with Crippen molar-refractivity contribution in [1.82, 2.24) is 0 Å². The smallest absolute Gasteiger partial charge is 0.162 e. The third-order valence-corrected chi connectivity index (χ3v) is 41.4. The molecule has 0 unspecified atom stereocenters. The fourth-order valence-electron chi connectivity index (χ4n) is 4.56.